The topological polar surface area (TPSA) is 60.9 Å². The number of aromatic nitrogens is 3. The minimum absolute atomic E-state index is 0.00788. The summed E-state index contributed by atoms with van der Waals surface area (Å²) in [5.74, 6) is 0.993. The third-order valence-corrected chi connectivity index (χ3v) is 5.46. The highest BCUT2D eigenvalue weighted by molar-refractivity contribution is 7.18. The van der Waals surface area contributed by atoms with Crippen LogP contribution in [0, 0.1) is 0 Å². The second-order valence-electron chi connectivity index (χ2n) is 5.70. The molecule has 0 bridgehead atoms. The predicted molar refractivity (Wildman–Crippen MR) is 85.5 cm³/mol. The summed E-state index contributed by atoms with van der Waals surface area (Å²) in [7, 11) is 0. The quantitative estimate of drug-likeness (QED) is 0.745. The third kappa shape index (κ3) is 2.18. The molecule has 0 atom stereocenters. The van der Waals surface area contributed by atoms with E-state index in [4.69, 9.17) is 4.52 Å². The van der Waals surface area contributed by atoms with Crippen molar-refractivity contribution in [1.29, 1.82) is 0 Å². The fraction of sp³-hybridized carbons (Fsp3) is 0.438. The first-order chi connectivity index (χ1) is 10.8. The van der Waals surface area contributed by atoms with Gasteiger partial charge in [-0.25, -0.2) is 4.98 Å². The van der Waals surface area contributed by atoms with E-state index >= 15 is 0 Å². The van der Waals surface area contributed by atoms with Crippen molar-refractivity contribution in [3.8, 4) is 0 Å². The van der Waals surface area contributed by atoms with Gasteiger partial charge in [-0.1, -0.05) is 12.1 Å². The molecule has 0 fully saturated rings. The lowest BCUT2D eigenvalue weighted by Crippen LogP contribution is -2.21. The standard InChI is InChI=1S/C16H17N3O2S/c1-2-10-7-12-15(22-10)17-9-19(16(12)20)8-13-11-5-3-4-6-14(11)21-18-13/h7,9H,2-6,8H2,1H3. The van der Waals surface area contributed by atoms with Crippen LogP contribution in [0.4, 0.5) is 0 Å². The summed E-state index contributed by atoms with van der Waals surface area (Å²) in [5.41, 5.74) is 2.08. The molecule has 0 unspecified atom stereocenters. The summed E-state index contributed by atoms with van der Waals surface area (Å²) in [6, 6.07) is 1.96. The Hall–Kier alpha value is -1.95. The molecule has 4 rings (SSSR count). The molecule has 3 aromatic rings. The van der Waals surface area contributed by atoms with Crippen molar-refractivity contribution in [2.24, 2.45) is 0 Å². The first-order valence-corrected chi connectivity index (χ1v) is 8.52. The van der Waals surface area contributed by atoms with Crippen LogP contribution in [0.5, 0.6) is 0 Å². The first kappa shape index (κ1) is 13.7. The van der Waals surface area contributed by atoms with Crippen LogP contribution in [-0.2, 0) is 25.8 Å². The van der Waals surface area contributed by atoms with Crippen LogP contribution >= 0.6 is 11.3 Å². The van der Waals surface area contributed by atoms with Crippen LogP contribution in [0.1, 0.15) is 41.7 Å². The summed E-state index contributed by atoms with van der Waals surface area (Å²) in [6.07, 6.45) is 6.83. The molecule has 1 aliphatic carbocycles. The van der Waals surface area contributed by atoms with Gasteiger partial charge in [0.05, 0.1) is 18.3 Å². The van der Waals surface area contributed by atoms with Gasteiger partial charge in [-0.15, -0.1) is 11.3 Å². The Kier molecular flexibility index (Phi) is 3.33. The second kappa shape index (κ2) is 5.35. The number of hydrogen-bond donors (Lipinski definition) is 0. The Labute approximate surface area is 131 Å². The van der Waals surface area contributed by atoms with Gasteiger partial charge in [0, 0.05) is 16.9 Å². The van der Waals surface area contributed by atoms with E-state index in [-0.39, 0.29) is 5.56 Å². The number of thiophene rings is 1. The smallest absolute Gasteiger partial charge is 0.262 e. The van der Waals surface area contributed by atoms with Gasteiger partial charge in [0.1, 0.15) is 16.3 Å². The summed E-state index contributed by atoms with van der Waals surface area (Å²) >= 11 is 1.59. The van der Waals surface area contributed by atoms with Crippen LogP contribution in [0.25, 0.3) is 10.2 Å². The summed E-state index contributed by atoms with van der Waals surface area (Å²) in [5, 5.41) is 4.89. The molecule has 0 saturated heterocycles. The summed E-state index contributed by atoms with van der Waals surface area (Å²) in [4.78, 5) is 19.1. The molecular formula is C16H17N3O2S. The molecule has 0 saturated carbocycles. The van der Waals surface area contributed by atoms with E-state index in [0.717, 1.165) is 48.4 Å². The van der Waals surface area contributed by atoms with Crippen molar-refractivity contribution in [1.82, 2.24) is 14.7 Å². The molecule has 5 nitrogen and oxygen atoms in total. The van der Waals surface area contributed by atoms with Crippen LogP contribution in [0.2, 0.25) is 0 Å². The van der Waals surface area contributed by atoms with Crippen LogP contribution < -0.4 is 5.56 Å². The Bertz CT molecular complexity index is 891. The highest BCUT2D eigenvalue weighted by atomic mass is 32.1. The Morgan fingerprint density at radius 2 is 2.23 bits per heavy atom. The van der Waals surface area contributed by atoms with Crippen LogP contribution in [0.3, 0.4) is 0 Å². The van der Waals surface area contributed by atoms with E-state index in [1.807, 2.05) is 6.07 Å². The van der Waals surface area contributed by atoms with Crippen molar-refractivity contribution < 1.29 is 4.52 Å². The first-order valence-electron chi connectivity index (χ1n) is 7.70. The van der Waals surface area contributed by atoms with Gasteiger partial charge in [-0.3, -0.25) is 9.36 Å². The van der Waals surface area contributed by atoms with E-state index < -0.39 is 0 Å². The van der Waals surface area contributed by atoms with Crippen LogP contribution in [-0.4, -0.2) is 14.7 Å². The Morgan fingerprint density at radius 1 is 1.36 bits per heavy atom. The lowest BCUT2D eigenvalue weighted by Gasteiger charge is -2.09. The molecule has 0 N–H and O–H groups in total. The average molecular weight is 315 g/mol. The molecule has 0 aliphatic heterocycles. The number of fused-ring (bicyclic) bond motifs is 2. The van der Waals surface area contributed by atoms with Crippen LogP contribution in [0.15, 0.2) is 21.7 Å². The van der Waals surface area contributed by atoms with Gasteiger partial charge in [0.25, 0.3) is 5.56 Å². The van der Waals surface area contributed by atoms with Gasteiger partial charge in [0.2, 0.25) is 0 Å². The lowest BCUT2D eigenvalue weighted by molar-refractivity contribution is 0.367. The normalized spacial score (nSPS) is 14.4. The molecule has 3 heterocycles. The van der Waals surface area contributed by atoms with E-state index in [1.165, 1.54) is 10.4 Å². The number of rotatable bonds is 3. The minimum Gasteiger partial charge on any atom is -0.361 e. The Balaban J connectivity index is 1.74. The Morgan fingerprint density at radius 3 is 3.09 bits per heavy atom. The molecule has 1 aliphatic rings. The minimum atomic E-state index is 0.00788. The number of hydrogen-bond acceptors (Lipinski definition) is 5. The maximum atomic E-state index is 12.6. The zero-order valence-corrected chi connectivity index (χ0v) is 13.3. The van der Waals surface area contributed by atoms with Crippen molar-refractivity contribution in [3.63, 3.8) is 0 Å². The second-order valence-corrected chi connectivity index (χ2v) is 6.82. The maximum absolute atomic E-state index is 12.6. The average Bonchev–Trinajstić information content (AvgIpc) is 3.15. The molecule has 114 valence electrons. The van der Waals surface area contributed by atoms with Crippen molar-refractivity contribution in [2.45, 2.75) is 45.6 Å². The molecule has 0 radical (unpaired) electrons. The van der Waals surface area contributed by atoms with E-state index in [1.54, 1.807) is 22.2 Å². The fourth-order valence-electron chi connectivity index (χ4n) is 3.03. The monoisotopic (exact) mass is 315 g/mol. The molecule has 0 aromatic carbocycles. The highest BCUT2D eigenvalue weighted by Crippen LogP contribution is 2.25. The highest BCUT2D eigenvalue weighted by Gasteiger charge is 2.20. The predicted octanol–water partition coefficient (Wildman–Crippen LogP) is 2.94. The largest absolute Gasteiger partial charge is 0.361 e. The molecule has 0 spiro atoms. The molecule has 3 aromatic heterocycles. The van der Waals surface area contributed by atoms with Crippen molar-refractivity contribution >= 4 is 21.6 Å². The summed E-state index contributed by atoms with van der Waals surface area (Å²) < 4.78 is 7.06. The zero-order chi connectivity index (χ0) is 15.1. The molecule has 0 amide bonds. The maximum Gasteiger partial charge on any atom is 0.262 e. The van der Waals surface area contributed by atoms with Crippen molar-refractivity contribution in [3.05, 3.63) is 44.6 Å². The number of aryl methyl sites for hydroxylation is 2. The van der Waals surface area contributed by atoms with Gasteiger partial charge in [0.15, 0.2) is 0 Å². The molecule has 22 heavy (non-hydrogen) atoms. The summed E-state index contributed by atoms with van der Waals surface area (Å²) in [6.45, 7) is 2.53. The van der Waals surface area contributed by atoms with Gasteiger partial charge in [-0.05, 0) is 31.7 Å². The lowest BCUT2D eigenvalue weighted by atomic mass is 9.96. The number of nitrogens with zero attached hydrogens (tertiary/aromatic N) is 3. The van der Waals surface area contributed by atoms with E-state index in [0.29, 0.717) is 11.9 Å². The van der Waals surface area contributed by atoms with Gasteiger partial charge < -0.3 is 4.52 Å². The zero-order valence-electron chi connectivity index (χ0n) is 12.5. The SMILES string of the molecule is CCc1cc2c(=O)n(Cc3noc4c3CCCC4)cnc2s1. The fourth-order valence-corrected chi connectivity index (χ4v) is 3.96. The van der Waals surface area contributed by atoms with Gasteiger partial charge in [-0.2, -0.15) is 0 Å². The molecule has 6 heteroatoms. The van der Waals surface area contributed by atoms with E-state index in [2.05, 4.69) is 17.1 Å². The van der Waals surface area contributed by atoms with Crippen molar-refractivity contribution in [2.75, 3.05) is 0 Å². The van der Waals surface area contributed by atoms with Gasteiger partial charge >= 0.3 is 0 Å². The molecular weight excluding hydrogens is 298 g/mol. The van der Waals surface area contributed by atoms with E-state index in [9.17, 15) is 4.79 Å². The third-order valence-electron chi connectivity index (χ3n) is 4.27.